The van der Waals surface area contributed by atoms with E-state index in [0.29, 0.717) is 12.0 Å². The highest BCUT2D eigenvalue weighted by molar-refractivity contribution is 7.94. The molecule has 41 heavy (non-hydrogen) atoms. The van der Waals surface area contributed by atoms with Gasteiger partial charge in [0, 0.05) is 17.5 Å². The lowest BCUT2D eigenvalue weighted by Crippen LogP contribution is -2.12. The minimum atomic E-state index is -4.55. The zero-order valence-corrected chi connectivity index (χ0v) is 24.0. The molecule has 17 nitrogen and oxygen atoms in total. The van der Waals surface area contributed by atoms with E-state index in [1.165, 1.54) is 32.4 Å². The molecule has 3 aromatic rings. The molecule has 0 aliphatic carbocycles. The molecule has 0 aliphatic heterocycles. The Bertz CT molecular complexity index is 1630. The van der Waals surface area contributed by atoms with Crippen molar-refractivity contribution in [3.05, 3.63) is 36.4 Å². The normalized spacial score (nSPS) is 12.3. The van der Waals surface area contributed by atoms with E-state index in [1.54, 1.807) is 0 Å². The number of hydrogen-bond acceptors (Lipinski definition) is 18. The van der Waals surface area contributed by atoms with Crippen LogP contribution in [-0.4, -0.2) is 63.6 Å². The summed E-state index contributed by atoms with van der Waals surface area (Å²) in [6, 6.07) is 7.02. The number of methoxy groups -OCH3 is 2. The van der Waals surface area contributed by atoms with Crippen LogP contribution in [0.4, 0.5) is 11.4 Å². The van der Waals surface area contributed by atoms with Crippen LogP contribution in [0, 0.1) is 0 Å². The molecule has 0 unspecified atom stereocenters. The molecule has 0 saturated carbocycles. The Labute approximate surface area is 240 Å². The third kappa shape index (κ3) is 8.15. The number of sulfone groups is 1. The zero-order valence-electron chi connectivity index (χ0n) is 20.7. The minimum Gasteiger partial charge on any atom is -0.505 e. The lowest BCUT2D eigenvalue weighted by atomic mass is 10.1. The van der Waals surface area contributed by atoms with E-state index in [2.05, 4.69) is 29.0 Å². The highest BCUT2D eigenvalue weighted by Crippen LogP contribution is 2.45. The monoisotopic (exact) mass is 656 g/mol. The summed E-state index contributed by atoms with van der Waals surface area (Å²) in [5.41, 5.74) is -0.249. The van der Waals surface area contributed by atoms with Gasteiger partial charge < -0.3 is 14.6 Å². The van der Waals surface area contributed by atoms with Gasteiger partial charge in [-0.15, -0.1) is 18.9 Å². The van der Waals surface area contributed by atoms with Crippen molar-refractivity contribution in [1.82, 2.24) is 0 Å². The lowest BCUT2D eigenvalue weighted by Gasteiger charge is -2.13. The summed E-state index contributed by atoms with van der Waals surface area (Å²) >= 11 is 0.595. The van der Waals surface area contributed by atoms with Crippen molar-refractivity contribution in [2.24, 2.45) is 10.2 Å². The fourth-order valence-corrected chi connectivity index (χ4v) is 5.89. The number of nitrogens with zero attached hydrogens (tertiary/aromatic N) is 2. The van der Waals surface area contributed by atoms with Crippen molar-refractivity contribution in [3.63, 3.8) is 0 Å². The average Bonchev–Trinajstić information content (AvgIpc) is 2.94. The summed E-state index contributed by atoms with van der Waals surface area (Å²) in [6.07, 6.45) is 0. The fraction of sp³-hybridized carbons (Fsp3) is 0.200. The largest absolute Gasteiger partial charge is 0.505 e. The van der Waals surface area contributed by atoms with E-state index >= 15 is 0 Å². The van der Waals surface area contributed by atoms with Crippen molar-refractivity contribution in [2.75, 3.05) is 26.6 Å². The van der Waals surface area contributed by atoms with Gasteiger partial charge in [0.2, 0.25) is 0 Å². The van der Waals surface area contributed by atoms with Crippen LogP contribution in [0.5, 0.6) is 17.2 Å². The summed E-state index contributed by atoms with van der Waals surface area (Å²) in [7, 11) is -6.09. The Kier molecular flexibility index (Phi) is 11.5. The SMILES string of the molecule is COc1cc(S(=O)(=O)CCOSOOO)c(OC)cc1/N=N/c1c(SOOO)cc2cc(S(=O)(=O)O)ccc2c1O. The van der Waals surface area contributed by atoms with Gasteiger partial charge in [-0.1, -0.05) is 10.1 Å². The molecule has 0 saturated heterocycles. The van der Waals surface area contributed by atoms with E-state index in [0.717, 1.165) is 18.2 Å². The van der Waals surface area contributed by atoms with E-state index in [-0.39, 0.29) is 62.4 Å². The number of azo groups is 1. The Morgan fingerprint density at radius 2 is 1.61 bits per heavy atom. The van der Waals surface area contributed by atoms with Crippen molar-refractivity contribution in [1.29, 1.82) is 0 Å². The van der Waals surface area contributed by atoms with Crippen LogP contribution in [0.1, 0.15) is 0 Å². The predicted octanol–water partition coefficient (Wildman–Crippen LogP) is 4.43. The quantitative estimate of drug-likeness (QED) is 0.0442. The maximum Gasteiger partial charge on any atom is 0.294 e. The van der Waals surface area contributed by atoms with E-state index in [1.807, 2.05) is 0 Å². The van der Waals surface area contributed by atoms with Crippen molar-refractivity contribution >= 4 is 66.5 Å². The van der Waals surface area contributed by atoms with Crippen LogP contribution in [0.15, 0.2) is 61.3 Å². The first-order valence-electron chi connectivity index (χ1n) is 10.6. The zero-order chi connectivity index (χ0) is 30.2. The molecule has 0 amide bonds. The van der Waals surface area contributed by atoms with Gasteiger partial charge in [0.1, 0.15) is 27.8 Å². The molecule has 21 heteroatoms. The van der Waals surface area contributed by atoms with Gasteiger partial charge in [0.25, 0.3) is 10.1 Å². The van der Waals surface area contributed by atoms with Crippen LogP contribution in [0.25, 0.3) is 10.8 Å². The maximum atomic E-state index is 12.9. The van der Waals surface area contributed by atoms with Crippen molar-refractivity contribution in [2.45, 2.75) is 14.7 Å². The number of fused-ring (bicyclic) bond motifs is 1. The highest BCUT2D eigenvalue weighted by atomic mass is 32.2. The van der Waals surface area contributed by atoms with Crippen LogP contribution in [-0.2, 0) is 42.9 Å². The third-order valence-corrected chi connectivity index (χ3v) is 8.62. The van der Waals surface area contributed by atoms with Gasteiger partial charge in [-0.2, -0.15) is 8.42 Å². The molecular weight excluding hydrogens is 636 g/mol. The van der Waals surface area contributed by atoms with Crippen molar-refractivity contribution < 1.29 is 69.4 Å². The molecule has 0 radical (unpaired) electrons. The number of phenols is 1. The summed E-state index contributed by atoms with van der Waals surface area (Å²) < 4.78 is 81.9. The molecule has 0 fully saturated rings. The number of rotatable bonds is 15. The minimum absolute atomic E-state index is 0.0149. The van der Waals surface area contributed by atoms with E-state index < -0.39 is 36.4 Å². The number of phenolic OH excluding ortho intramolecular Hbond substituents is 1. The molecule has 0 bridgehead atoms. The first-order valence-corrected chi connectivity index (χ1v) is 15.1. The molecular formula is C20H20N2O15S4. The van der Waals surface area contributed by atoms with Crippen LogP contribution in [0.2, 0.25) is 0 Å². The molecule has 224 valence electrons. The predicted molar refractivity (Wildman–Crippen MR) is 140 cm³/mol. The highest BCUT2D eigenvalue weighted by Gasteiger charge is 2.24. The smallest absolute Gasteiger partial charge is 0.294 e. The summed E-state index contributed by atoms with van der Waals surface area (Å²) in [5.74, 6) is -1.19. The maximum absolute atomic E-state index is 12.9. The second-order valence-electron chi connectivity index (χ2n) is 7.38. The van der Waals surface area contributed by atoms with Crippen LogP contribution < -0.4 is 9.47 Å². The number of hydrogen-bond donors (Lipinski definition) is 4. The lowest BCUT2D eigenvalue weighted by molar-refractivity contribution is -0.434. The van der Waals surface area contributed by atoms with Gasteiger partial charge >= 0.3 is 0 Å². The van der Waals surface area contributed by atoms with Crippen LogP contribution in [0.3, 0.4) is 0 Å². The second kappa shape index (κ2) is 14.4. The molecule has 0 heterocycles. The van der Waals surface area contributed by atoms with Gasteiger partial charge in [0.15, 0.2) is 27.9 Å². The summed E-state index contributed by atoms with van der Waals surface area (Å²) in [4.78, 5) is -0.728. The molecule has 3 rings (SSSR count). The standard InChI is InChI=1S/C20H20N2O15S4/c1-31-15-10-18(40(26,27)6-5-33-39-37-35-25)16(32-2)9-14(15)21-22-19-17(38-36-34-24)8-11-7-12(41(28,29)30)3-4-13(11)20(19)23/h3-4,7-10,23-25H,5-6H2,1-2H3,(H,28,29,30)/b22-21+. The first-order chi connectivity index (χ1) is 19.5. The topological polar surface area (TPSA) is 239 Å². The average molecular weight is 657 g/mol. The second-order valence-corrected chi connectivity index (χ2v) is 12.1. The van der Waals surface area contributed by atoms with Gasteiger partial charge in [-0.25, -0.2) is 18.9 Å². The van der Waals surface area contributed by atoms with Gasteiger partial charge in [-0.3, -0.25) is 8.74 Å². The Morgan fingerprint density at radius 3 is 2.24 bits per heavy atom. The molecule has 0 aliphatic rings. The molecule has 3 aromatic carbocycles. The molecule has 0 spiro atoms. The number of ether oxygens (including phenoxy) is 2. The Balaban J connectivity index is 2.05. The van der Waals surface area contributed by atoms with Crippen molar-refractivity contribution in [3.8, 4) is 17.2 Å². The summed E-state index contributed by atoms with van der Waals surface area (Å²) in [6.45, 7) is -0.351. The van der Waals surface area contributed by atoms with E-state index in [4.69, 9.17) is 24.2 Å². The molecule has 0 aromatic heterocycles. The van der Waals surface area contributed by atoms with Gasteiger partial charge in [-0.05, 0) is 29.7 Å². The molecule has 0 atom stereocenters. The Hall–Kier alpha value is -2.80. The number of aromatic hydroxyl groups is 1. The van der Waals surface area contributed by atoms with Gasteiger partial charge in [0.05, 0.1) is 48.4 Å². The molecule has 4 N–H and O–H groups in total. The summed E-state index contributed by atoms with van der Waals surface area (Å²) in [5, 5.41) is 42.8. The first kappa shape index (κ1) is 32.7. The van der Waals surface area contributed by atoms with E-state index in [9.17, 15) is 26.5 Å². The Morgan fingerprint density at radius 1 is 0.902 bits per heavy atom. The fourth-order valence-electron chi connectivity index (χ4n) is 3.30. The third-order valence-electron chi connectivity index (χ3n) is 5.07. The number of benzene rings is 3. The van der Waals surface area contributed by atoms with Crippen LogP contribution >= 0.6 is 24.4 Å².